The van der Waals surface area contributed by atoms with Gasteiger partial charge in [-0.3, -0.25) is 10.1 Å². The molecule has 18 heavy (non-hydrogen) atoms. The van der Waals surface area contributed by atoms with Gasteiger partial charge in [-0.05, 0) is 13.8 Å². The molecule has 0 fully saturated rings. The van der Waals surface area contributed by atoms with E-state index in [1.165, 1.54) is 13.5 Å². The summed E-state index contributed by atoms with van der Waals surface area (Å²) in [5, 5.41) is 18.8. The third kappa shape index (κ3) is 3.30. The number of hydrogen-bond donors (Lipinski definition) is 0. The second-order valence-electron chi connectivity index (χ2n) is 5.19. The van der Waals surface area contributed by atoms with E-state index in [2.05, 4.69) is 0 Å². The van der Waals surface area contributed by atoms with Gasteiger partial charge in [0.2, 0.25) is 0 Å². The van der Waals surface area contributed by atoms with E-state index in [9.17, 15) is 10.1 Å². The van der Waals surface area contributed by atoms with Gasteiger partial charge in [-0.15, -0.1) is 0 Å². The van der Waals surface area contributed by atoms with Gasteiger partial charge in [-0.2, -0.15) is 0 Å². The Labute approximate surface area is 107 Å². The lowest BCUT2D eigenvalue weighted by atomic mass is 9.82. The minimum atomic E-state index is -0.812. The average molecular weight is 251 g/mol. The van der Waals surface area contributed by atoms with Gasteiger partial charge in [-0.1, -0.05) is 18.2 Å². The number of benzene rings is 1. The molecule has 0 saturated heterocycles. The summed E-state index contributed by atoms with van der Waals surface area (Å²) in [6.45, 7) is 7.04. The normalized spacial score (nSPS) is 12.3. The Kier molecular flexibility index (Phi) is 4.14. The summed E-state index contributed by atoms with van der Waals surface area (Å²) in [7, 11) is 1.36. The molecule has 2 N–H and O–H groups in total. The predicted molar refractivity (Wildman–Crippen MR) is 71.3 cm³/mol. The van der Waals surface area contributed by atoms with Gasteiger partial charge in [0, 0.05) is 25.4 Å². The molecule has 5 nitrogen and oxygen atoms in total. The van der Waals surface area contributed by atoms with Crippen molar-refractivity contribution in [1.29, 1.82) is 0 Å². The molecule has 0 bridgehead atoms. The minimum absolute atomic E-state index is 0.00362. The van der Waals surface area contributed by atoms with Crippen LogP contribution in [0.15, 0.2) is 24.3 Å². The summed E-state index contributed by atoms with van der Waals surface area (Å²) in [6, 6.07) is 6.36. The van der Waals surface area contributed by atoms with Crippen molar-refractivity contribution >= 4 is 18.6 Å². The summed E-state index contributed by atoms with van der Waals surface area (Å²) in [6.07, 6.45) is 0. The van der Waals surface area contributed by atoms with Crippen LogP contribution in [0.3, 0.4) is 0 Å². The van der Waals surface area contributed by atoms with E-state index >= 15 is 0 Å². The van der Waals surface area contributed by atoms with Crippen molar-refractivity contribution in [2.45, 2.75) is 38.9 Å². The van der Waals surface area contributed by atoms with E-state index in [4.69, 9.17) is 9.76 Å². The zero-order valence-electron chi connectivity index (χ0n) is 11.1. The summed E-state index contributed by atoms with van der Waals surface area (Å²) in [5.74, 6) is 0. The first-order valence-electron chi connectivity index (χ1n) is 5.64. The Morgan fingerprint density at radius 2 is 1.83 bits per heavy atom. The standard InChI is InChI=1S/C12H17BNO4/c1-11(2,15)12(3,4)18-13-9-7-5-6-8-10(9)14(16)17/h5-8,15H,1-4H3/p+1. The fourth-order valence-electron chi connectivity index (χ4n) is 1.11. The predicted octanol–water partition coefficient (Wildman–Crippen LogP) is 1.14. The molecule has 0 aliphatic heterocycles. The second-order valence-corrected chi connectivity index (χ2v) is 5.19. The molecule has 0 aliphatic rings. The fourth-order valence-corrected chi connectivity index (χ4v) is 1.11. The molecule has 0 amide bonds. The van der Waals surface area contributed by atoms with E-state index in [0.717, 1.165) is 0 Å². The van der Waals surface area contributed by atoms with Crippen molar-refractivity contribution in [3.05, 3.63) is 34.4 Å². The number of para-hydroxylation sites is 1. The Morgan fingerprint density at radius 1 is 1.28 bits per heavy atom. The quantitative estimate of drug-likeness (QED) is 0.341. The average Bonchev–Trinajstić information content (AvgIpc) is 2.25. The first-order chi connectivity index (χ1) is 8.15. The minimum Gasteiger partial charge on any atom is -0.439 e. The van der Waals surface area contributed by atoms with Gasteiger partial charge < -0.3 is 9.76 Å². The number of nitro benzene ring substituents is 1. The first-order valence-corrected chi connectivity index (χ1v) is 5.64. The van der Waals surface area contributed by atoms with Crippen LogP contribution in [0.1, 0.15) is 27.7 Å². The Morgan fingerprint density at radius 3 is 2.33 bits per heavy atom. The highest BCUT2D eigenvalue weighted by atomic mass is 16.6. The van der Waals surface area contributed by atoms with Crippen molar-refractivity contribution in [3.8, 4) is 0 Å². The third-order valence-electron chi connectivity index (χ3n) is 3.12. The second kappa shape index (κ2) is 5.08. The SMILES string of the molecule is CC(C)([OH2+])C(C)(C)O[B]c1ccccc1[N+](=O)[O-]. The van der Waals surface area contributed by atoms with Gasteiger partial charge in [0.15, 0.2) is 5.60 Å². The maximum Gasteiger partial charge on any atom is 0.338 e. The molecule has 1 radical (unpaired) electrons. The molecule has 6 heteroatoms. The lowest BCUT2D eigenvalue weighted by Crippen LogP contribution is -2.49. The van der Waals surface area contributed by atoms with Crippen LogP contribution in [0, 0.1) is 10.1 Å². The highest BCUT2D eigenvalue weighted by Gasteiger charge is 2.40. The van der Waals surface area contributed by atoms with Crippen LogP contribution in [0.2, 0.25) is 0 Å². The van der Waals surface area contributed by atoms with Crippen LogP contribution < -0.4 is 5.46 Å². The van der Waals surface area contributed by atoms with E-state index in [0.29, 0.717) is 5.46 Å². The van der Waals surface area contributed by atoms with Crippen molar-refractivity contribution in [2.24, 2.45) is 0 Å². The third-order valence-corrected chi connectivity index (χ3v) is 3.12. The van der Waals surface area contributed by atoms with Crippen molar-refractivity contribution in [2.75, 3.05) is 0 Å². The lowest BCUT2D eigenvalue weighted by Gasteiger charge is -2.33. The topological polar surface area (TPSA) is 75.3 Å². The monoisotopic (exact) mass is 251 g/mol. The van der Waals surface area contributed by atoms with E-state index in [-0.39, 0.29) is 5.69 Å². The molecule has 0 aromatic heterocycles. The summed E-state index contributed by atoms with van der Waals surface area (Å²) in [5.41, 5.74) is -1.15. The van der Waals surface area contributed by atoms with Crippen LogP contribution in [0.4, 0.5) is 5.69 Å². The number of hydrogen-bond acceptors (Lipinski definition) is 3. The van der Waals surface area contributed by atoms with Gasteiger partial charge in [0.05, 0.1) is 4.92 Å². The Hall–Kier alpha value is -1.40. The van der Waals surface area contributed by atoms with Gasteiger partial charge >= 0.3 is 7.48 Å². The molecular weight excluding hydrogens is 233 g/mol. The molecule has 97 valence electrons. The lowest BCUT2D eigenvalue weighted by molar-refractivity contribution is -0.383. The molecular formula is C12H18BNO4+. The van der Waals surface area contributed by atoms with Crippen molar-refractivity contribution in [3.63, 3.8) is 0 Å². The van der Waals surface area contributed by atoms with Gasteiger partial charge in [-0.25, -0.2) is 0 Å². The molecule has 0 unspecified atom stereocenters. The zero-order chi connectivity index (χ0) is 14.0. The smallest absolute Gasteiger partial charge is 0.338 e. The highest BCUT2D eigenvalue weighted by molar-refractivity contribution is 6.49. The Bertz CT molecular complexity index is 440. The maximum absolute atomic E-state index is 10.8. The van der Waals surface area contributed by atoms with E-state index < -0.39 is 16.1 Å². The molecule has 1 aromatic rings. The van der Waals surface area contributed by atoms with E-state index in [1.807, 2.05) is 0 Å². The van der Waals surface area contributed by atoms with Gasteiger partial charge in [0.25, 0.3) is 5.69 Å². The van der Waals surface area contributed by atoms with Crippen LogP contribution in [0.25, 0.3) is 0 Å². The molecule has 1 rings (SSSR count). The van der Waals surface area contributed by atoms with Gasteiger partial charge in [0.1, 0.15) is 5.60 Å². The number of rotatable bonds is 5. The van der Waals surface area contributed by atoms with Crippen molar-refractivity contribution < 1.29 is 14.7 Å². The highest BCUT2D eigenvalue weighted by Crippen LogP contribution is 2.24. The first kappa shape index (κ1) is 14.7. The summed E-state index contributed by atoms with van der Waals surface area (Å²) in [4.78, 5) is 10.4. The number of nitro groups is 1. The van der Waals surface area contributed by atoms with E-state index in [1.54, 1.807) is 45.9 Å². The summed E-state index contributed by atoms with van der Waals surface area (Å²) < 4.78 is 5.55. The number of nitrogens with zero attached hydrogens (tertiary/aromatic N) is 1. The van der Waals surface area contributed by atoms with Crippen LogP contribution in [0.5, 0.6) is 0 Å². The van der Waals surface area contributed by atoms with Crippen LogP contribution in [-0.2, 0) is 4.65 Å². The molecule has 1 aromatic carbocycles. The summed E-state index contributed by atoms with van der Waals surface area (Å²) >= 11 is 0. The molecule has 0 saturated carbocycles. The molecule has 0 aliphatic carbocycles. The Balaban J connectivity index is 2.85. The molecule has 0 heterocycles. The fraction of sp³-hybridized carbons (Fsp3) is 0.500. The largest absolute Gasteiger partial charge is 0.439 e. The molecule has 0 spiro atoms. The molecule has 0 atom stereocenters. The maximum atomic E-state index is 10.8. The van der Waals surface area contributed by atoms with Crippen molar-refractivity contribution in [1.82, 2.24) is 0 Å². The van der Waals surface area contributed by atoms with Crippen LogP contribution >= 0.6 is 0 Å². The zero-order valence-corrected chi connectivity index (χ0v) is 11.1. The van der Waals surface area contributed by atoms with Crippen LogP contribution in [-0.4, -0.2) is 28.7 Å².